The maximum Gasteiger partial charge on any atom is 0.158 e. The molecular formula is C16H32O2. The molecule has 0 amide bonds. The monoisotopic (exact) mass is 256 g/mol. The van der Waals surface area contributed by atoms with Crippen LogP contribution in [0.3, 0.4) is 0 Å². The lowest BCUT2D eigenvalue weighted by Gasteiger charge is -2.18. The van der Waals surface area contributed by atoms with E-state index < -0.39 is 0 Å². The Kier molecular flexibility index (Phi) is 7.77. The first kappa shape index (κ1) is 17.6. The third-order valence-corrected chi connectivity index (χ3v) is 2.80. The molecule has 0 bridgehead atoms. The largest absolute Gasteiger partial charge is 0.368 e. The van der Waals surface area contributed by atoms with Gasteiger partial charge >= 0.3 is 0 Å². The van der Waals surface area contributed by atoms with Crippen LogP contribution in [0.15, 0.2) is 0 Å². The average molecular weight is 256 g/mol. The van der Waals surface area contributed by atoms with Crippen molar-refractivity contribution >= 4 is 5.78 Å². The Morgan fingerprint density at radius 1 is 0.889 bits per heavy atom. The van der Waals surface area contributed by atoms with Gasteiger partial charge in [-0.15, -0.1) is 0 Å². The first-order valence-corrected chi connectivity index (χ1v) is 7.26. The molecule has 0 N–H and O–H groups in total. The molecule has 0 radical (unpaired) electrons. The maximum absolute atomic E-state index is 11.6. The fourth-order valence-electron chi connectivity index (χ4n) is 1.70. The molecule has 0 rings (SSSR count). The Labute approximate surface area is 113 Å². The van der Waals surface area contributed by atoms with E-state index in [0.29, 0.717) is 11.8 Å². The summed E-state index contributed by atoms with van der Waals surface area (Å²) in [5.74, 6) is 0.237. The Hall–Kier alpha value is -0.370. The summed E-state index contributed by atoms with van der Waals surface area (Å²) < 4.78 is 5.46. The summed E-state index contributed by atoms with van der Waals surface area (Å²) in [7, 11) is 0. The molecule has 2 nitrogen and oxygen atoms in total. The van der Waals surface area contributed by atoms with E-state index in [-0.39, 0.29) is 18.0 Å². The first-order chi connectivity index (χ1) is 8.10. The lowest BCUT2D eigenvalue weighted by atomic mass is 9.89. The van der Waals surface area contributed by atoms with Crippen molar-refractivity contribution < 1.29 is 9.53 Å². The highest BCUT2D eigenvalue weighted by Crippen LogP contribution is 2.22. The number of carbonyl (C=O) groups is 1. The summed E-state index contributed by atoms with van der Waals surface area (Å²) in [6.07, 6.45) is 6.63. The van der Waals surface area contributed by atoms with Crippen molar-refractivity contribution in [3.8, 4) is 0 Å². The molecule has 0 aliphatic carbocycles. The smallest absolute Gasteiger partial charge is 0.158 e. The SMILES string of the molecule is CC(C)(C)CCCCCCC(=O)COC(C)(C)C. The van der Waals surface area contributed by atoms with E-state index in [4.69, 9.17) is 4.74 Å². The van der Waals surface area contributed by atoms with Crippen molar-refractivity contribution in [2.45, 2.75) is 85.7 Å². The number of ketones is 1. The van der Waals surface area contributed by atoms with Gasteiger partial charge in [0.15, 0.2) is 5.78 Å². The Bertz CT molecular complexity index is 230. The van der Waals surface area contributed by atoms with Gasteiger partial charge in [-0.25, -0.2) is 0 Å². The number of carbonyl (C=O) groups excluding carboxylic acids is 1. The molecule has 0 saturated carbocycles. The van der Waals surface area contributed by atoms with E-state index in [9.17, 15) is 4.79 Å². The lowest BCUT2D eigenvalue weighted by Crippen LogP contribution is -2.23. The van der Waals surface area contributed by atoms with Gasteiger partial charge in [0.2, 0.25) is 0 Å². The number of Topliss-reactive ketones (excluding diaryl/α,β-unsaturated/α-hetero) is 1. The number of unbranched alkanes of at least 4 members (excludes halogenated alkanes) is 3. The number of ether oxygens (including phenoxy) is 1. The molecule has 0 heterocycles. The fraction of sp³-hybridized carbons (Fsp3) is 0.938. The molecule has 0 unspecified atom stereocenters. The van der Waals surface area contributed by atoms with Gasteiger partial charge in [0, 0.05) is 6.42 Å². The first-order valence-electron chi connectivity index (χ1n) is 7.26. The second-order valence-electron chi connectivity index (χ2n) is 7.41. The van der Waals surface area contributed by atoms with E-state index >= 15 is 0 Å². The van der Waals surface area contributed by atoms with Crippen molar-refractivity contribution in [3.05, 3.63) is 0 Å². The highest BCUT2D eigenvalue weighted by atomic mass is 16.5. The molecule has 0 aliphatic heterocycles. The van der Waals surface area contributed by atoms with Crippen LogP contribution < -0.4 is 0 Å². The third kappa shape index (κ3) is 13.7. The topological polar surface area (TPSA) is 26.3 Å². The van der Waals surface area contributed by atoms with E-state index in [2.05, 4.69) is 20.8 Å². The van der Waals surface area contributed by atoms with Crippen LogP contribution in [0.1, 0.15) is 80.1 Å². The van der Waals surface area contributed by atoms with Crippen molar-refractivity contribution in [2.24, 2.45) is 5.41 Å². The van der Waals surface area contributed by atoms with Crippen LogP contribution in [0.25, 0.3) is 0 Å². The fourth-order valence-corrected chi connectivity index (χ4v) is 1.70. The molecule has 108 valence electrons. The zero-order chi connectivity index (χ0) is 14.2. The molecule has 0 aromatic heterocycles. The van der Waals surface area contributed by atoms with Crippen LogP contribution in [-0.4, -0.2) is 18.0 Å². The van der Waals surface area contributed by atoms with Gasteiger partial charge in [0.05, 0.1) is 5.60 Å². The van der Waals surface area contributed by atoms with Crippen LogP contribution in [0.2, 0.25) is 0 Å². The zero-order valence-corrected chi connectivity index (χ0v) is 13.3. The quantitative estimate of drug-likeness (QED) is 0.585. The summed E-state index contributed by atoms with van der Waals surface area (Å²) >= 11 is 0. The van der Waals surface area contributed by atoms with Crippen LogP contribution in [-0.2, 0) is 9.53 Å². The minimum Gasteiger partial charge on any atom is -0.368 e. The summed E-state index contributed by atoms with van der Waals surface area (Å²) in [6.45, 7) is 13.0. The molecule has 0 aromatic rings. The van der Waals surface area contributed by atoms with Crippen LogP contribution in [0, 0.1) is 5.41 Å². The third-order valence-electron chi connectivity index (χ3n) is 2.80. The molecule has 18 heavy (non-hydrogen) atoms. The van der Waals surface area contributed by atoms with Gasteiger partial charge in [-0.2, -0.15) is 0 Å². The van der Waals surface area contributed by atoms with Gasteiger partial charge in [-0.1, -0.05) is 40.0 Å². The van der Waals surface area contributed by atoms with Gasteiger partial charge < -0.3 is 4.74 Å². The van der Waals surface area contributed by atoms with Gasteiger partial charge in [-0.05, 0) is 39.0 Å². The number of hydrogen-bond acceptors (Lipinski definition) is 2. The summed E-state index contributed by atoms with van der Waals surface area (Å²) in [5.41, 5.74) is 0.235. The highest BCUT2D eigenvalue weighted by Gasteiger charge is 2.12. The molecule has 0 fully saturated rings. The lowest BCUT2D eigenvalue weighted by molar-refractivity contribution is -0.128. The summed E-state index contributed by atoms with van der Waals surface area (Å²) in [4.78, 5) is 11.6. The van der Waals surface area contributed by atoms with E-state index in [1.807, 2.05) is 20.8 Å². The Balaban J connectivity index is 3.42. The molecule has 0 atom stereocenters. The van der Waals surface area contributed by atoms with Crippen molar-refractivity contribution in [1.82, 2.24) is 0 Å². The van der Waals surface area contributed by atoms with E-state index in [1.54, 1.807) is 0 Å². The van der Waals surface area contributed by atoms with Crippen LogP contribution in [0.4, 0.5) is 0 Å². The Morgan fingerprint density at radius 2 is 1.44 bits per heavy atom. The Morgan fingerprint density at radius 3 is 1.94 bits per heavy atom. The normalized spacial score (nSPS) is 12.8. The second kappa shape index (κ2) is 7.93. The second-order valence-corrected chi connectivity index (χ2v) is 7.41. The number of hydrogen-bond donors (Lipinski definition) is 0. The molecule has 0 aliphatic rings. The van der Waals surface area contributed by atoms with Crippen LogP contribution in [0.5, 0.6) is 0 Å². The summed E-state index contributed by atoms with van der Waals surface area (Å²) in [6, 6.07) is 0. The predicted octanol–water partition coefficient (Wildman–Crippen LogP) is 4.76. The van der Waals surface area contributed by atoms with Crippen LogP contribution >= 0.6 is 0 Å². The number of rotatable bonds is 8. The maximum atomic E-state index is 11.6. The molecule has 0 aromatic carbocycles. The van der Waals surface area contributed by atoms with Crippen molar-refractivity contribution in [1.29, 1.82) is 0 Å². The van der Waals surface area contributed by atoms with Gasteiger partial charge in [0.1, 0.15) is 6.61 Å². The van der Waals surface area contributed by atoms with E-state index in [0.717, 1.165) is 12.8 Å². The van der Waals surface area contributed by atoms with Crippen molar-refractivity contribution in [2.75, 3.05) is 6.61 Å². The highest BCUT2D eigenvalue weighted by molar-refractivity contribution is 5.79. The average Bonchev–Trinajstić information content (AvgIpc) is 2.17. The molecular weight excluding hydrogens is 224 g/mol. The summed E-state index contributed by atoms with van der Waals surface area (Å²) in [5, 5.41) is 0. The predicted molar refractivity (Wildman–Crippen MR) is 77.9 cm³/mol. The zero-order valence-electron chi connectivity index (χ0n) is 13.3. The minimum absolute atomic E-state index is 0.206. The minimum atomic E-state index is -0.206. The van der Waals surface area contributed by atoms with Crippen molar-refractivity contribution in [3.63, 3.8) is 0 Å². The van der Waals surface area contributed by atoms with Gasteiger partial charge in [-0.3, -0.25) is 4.79 Å². The molecule has 2 heteroatoms. The molecule has 0 saturated heterocycles. The standard InChI is InChI=1S/C16H32O2/c1-15(2,3)12-10-8-7-9-11-14(17)13-18-16(4,5)6/h7-13H2,1-6H3. The van der Waals surface area contributed by atoms with E-state index in [1.165, 1.54) is 19.3 Å². The van der Waals surface area contributed by atoms with Gasteiger partial charge in [0.25, 0.3) is 0 Å². The molecule has 0 spiro atoms.